The minimum absolute atomic E-state index is 0.796. The predicted octanol–water partition coefficient (Wildman–Crippen LogP) is 2.20. The summed E-state index contributed by atoms with van der Waals surface area (Å²) in [6, 6.07) is 1.66. The van der Waals surface area contributed by atoms with E-state index in [2.05, 4.69) is 30.6 Å². The van der Waals surface area contributed by atoms with Crippen LogP contribution in [0.25, 0.3) is 0 Å². The first-order valence-electron chi connectivity index (χ1n) is 6.70. The highest BCUT2D eigenvalue weighted by Gasteiger charge is 2.35. The molecule has 2 heterocycles. The molecule has 0 radical (unpaired) electrons. The van der Waals surface area contributed by atoms with Crippen molar-refractivity contribution in [1.82, 2.24) is 9.80 Å². The van der Waals surface area contributed by atoms with Crippen LogP contribution in [0.4, 0.5) is 0 Å². The third-order valence-corrected chi connectivity index (χ3v) is 4.26. The van der Waals surface area contributed by atoms with Crippen molar-refractivity contribution in [2.75, 3.05) is 26.2 Å². The summed E-state index contributed by atoms with van der Waals surface area (Å²) >= 11 is 0. The Labute approximate surface area is 94.6 Å². The number of hydrogen-bond acceptors (Lipinski definition) is 2. The highest BCUT2D eigenvalue weighted by molar-refractivity contribution is 4.91. The molecular formula is C13H26N2. The van der Waals surface area contributed by atoms with Crippen LogP contribution in [0.15, 0.2) is 0 Å². The van der Waals surface area contributed by atoms with Gasteiger partial charge in [0.05, 0.1) is 0 Å². The van der Waals surface area contributed by atoms with Gasteiger partial charge < -0.3 is 0 Å². The van der Waals surface area contributed by atoms with Crippen LogP contribution in [0.5, 0.6) is 0 Å². The molecule has 0 bridgehead atoms. The highest BCUT2D eigenvalue weighted by Crippen LogP contribution is 2.26. The molecule has 2 nitrogen and oxygen atoms in total. The number of piperazine rings is 1. The van der Waals surface area contributed by atoms with Gasteiger partial charge >= 0.3 is 0 Å². The van der Waals surface area contributed by atoms with Crippen LogP contribution in [-0.4, -0.2) is 48.1 Å². The predicted molar refractivity (Wildman–Crippen MR) is 65.1 cm³/mol. The zero-order valence-electron chi connectivity index (χ0n) is 10.6. The number of likely N-dealkylation sites (N-methyl/N-ethyl adjacent to an activating group) is 1. The number of hydrogen-bond donors (Lipinski definition) is 0. The van der Waals surface area contributed by atoms with Crippen LogP contribution in [0.1, 0.15) is 40.0 Å². The van der Waals surface area contributed by atoms with E-state index in [1.54, 1.807) is 0 Å². The summed E-state index contributed by atoms with van der Waals surface area (Å²) in [5, 5.41) is 0. The van der Waals surface area contributed by atoms with Gasteiger partial charge in [-0.1, -0.05) is 27.2 Å². The standard InChI is InChI=1S/C13H26N2/c1-4-14-9-12-7-5-6-8-15(12)10-13(14)11(2)3/h11-13H,4-10H2,1-3H3. The second kappa shape index (κ2) is 4.84. The maximum absolute atomic E-state index is 2.75. The lowest BCUT2D eigenvalue weighted by Gasteiger charge is -2.49. The molecule has 0 aromatic rings. The van der Waals surface area contributed by atoms with Gasteiger partial charge in [-0.3, -0.25) is 9.80 Å². The Hall–Kier alpha value is -0.0800. The Bertz CT molecular complexity index is 203. The van der Waals surface area contributed by atoms with E-state index in [0.29, 0.717) is 0 Å². The molecule has 2 atom stereocenters. The van der Waals surface area contributed by atoms with Crippen molar-refractivity contribution in [2.45, 2.75) is 52.1 Å². The number of piperidine rings is 1. The van der Waals surface area contributed by atoms with Gasteiger partial charge in [-0.05, 0) is 31.8 Å². The quantitative estimate of drug-likeness (QED) is 0.689. The van der Waals surface area contributed by atoms with Gasteiger partial charge in [0.2, 0.25) is 0 Å². The SMILES string of the molecule is CCN1CC2CCCCN2CC1C(C)C. The van der Waals surface area contributed by atoms with E-state index in [1.807, 2.05) is 0 Å². The summed E-state index contributed by atoms with van der Waals surface area (Å²) in [5.74, 6) is 0.799. The maximum Gasteiger partial charge on any atom is 0.0246 e. The van der Waals surface area contributed by atoms with Crippen molar-refractivity contribution in [3.8, 4) is 0 Å². The topological polar surface area (TPSA) is 6.48 Å². The Morgan fingerprint density at radius 3 is 2.67 bits per heavy atom. The Kier molecular flexibility index (Phi) is 3.68. The molecule has 0 aliphatic carbocycles. The molecule has 2 aliphatic heterocycles. The molecule has 0 aromatic carbocycles. The maximum atomic E-state index is 2.75. The van der Waals surface area contributed by atoms with Gasteiger partial charge in [0, 0.05) is 25.2 Å². The molecule has 0 spiro atoms. The second-order valence-electron chi connectivity index (χ2n) is 5.54. The van der Waals surface area contributed by atoms with Gasteiger partial charge in [0.1, 0.15) is 0 Å². The van der Waals surface area contributed by atoms with Crippen molar-refractivity contribution < 1.29 is 0 Å². The smallest absolute Gasteiger partial charge is 0.0246 e. The van der Waals surface area contributed by atoms with Crippen molar-refractivity contribution in [2.24, 2.45) is 5.92 Å². The minimum Gasteiger partial charge on any atom is -0.298 e. The zero-order chi connectivity index (χ0) is 10.8. The van der Waals surface area contributed by atoms with E-state index < -0.39 is 0 Å². The molecule has 2 saturated heterocycles. The van der Waals surface area contributed by atoms with Crippen LogP contribution < -0.4 is 0 Å². The summed E-state index contributed by atoms with van der Waals surface area (Å²) in [4.78, 5) is 5.46. The average molecular weight is 210 g/mol. The summed E-state index contributed by atoms with van der Waals surface area (Å²) in [6.07, 6.45) is 4.31. The molecule has 0 N–H and O–H groups in total. The highest BCUT2D eigenvalue weighted by atomic mass is 15.3. The molecular weight excluding hydrogens is 184 g/mol. The van der Waals surface area contributed by atoms with E-state index in [0.717, 1.165) is 18.0 Å². The van der Waals surface area contributed by atoms with Crippen LogP contribution in [0, 0.1) is 5.92 Å². The number of nitrogens with zero attached hydrogens (tertiary/aromatic N) is 2. The fourth-order valence-corrected chi connectivity index (χ4v) is 3.27. The van der Waals surface area contributed by atoms with Crippen molar-refractivity contribution >= 4 is 0 Å². The fourth-order valence-electron chi connectivity index (χ4n) is 3.27. The molecule has 2 heteroatoms. The van der Waals surface area contributed by atoms with Gasteiger partial charge in [-0.2, -0.15) is 0 Å². The first kappa shape index (κ1) is 11.4. The van der Waals surface area contributed by atoms with Crippen molar-refractivity contribution in [3.05, 3.63) is 0 Å². The van der Waals surface area contributed by atoms with Crippen LogP contribution in [0.3, 0.4) is 0 Å². The first-order valence-corrected chi connectivity index (χ1v) is 6.70. The lowest BCUT2D eigenvalue weighted by atomic mass is 9.92. The molecule has 0 saturated carbocycles. The number of fused-ring (bicyclic) bond motifs is 1. The van der Waals surface area contributed by atoms with E-state index in [4.69, 9.17) is 0 Å². The normalized spacial score (nSPS) is 34.4. The summed E-state index contributed by atoms with van der Waals surface area (Å²) in [5.41, 5.74) is 0. The van der Waals surface area contributed by atoms with Crippen LogP contribution in [0.2, 0.25) is 0 Å². The van der Waals surface area contributed by atoms with E-state index in [9.17, 15) is 0 Å². The van der Waals surface area contributed by atoms with Gasteiger partial charge in [-0.25, -0.2) is 0 Å². The van der Waals surface area contributed by atoms with Gasteiger partial charge in [0.25, 0.3) is 0 Å². The zero-order valence-corrected chi connectivity index (χ0v) is 10.6. The van der Waals surface area contributed by atoms with Crippen molar-refractivity contribution in [3.63, 3.8) is 0 Å². The monoisotopic (exact) mass is 210 g/mol. The molecule has 88 valence electrons. The lowest BCUT2D eigenvalue weighted by Crippen LogP contribution is -2.60. The van der Waals surface area contributed by atoms with Gasteiger partial charge in [0.15, 0.2) is 0 Å². The first-order chi connectivity index (χ1) is 7.22. The van der Waals surface area contributed by atoms with E-state index >= 15 is 0 Å². The molecule has 2 fully saturated rings. The molecule has 2 unspecified atom stereocenters. The molecule has 0 aromatic heterocycles. The Morgan fingerprint density at radius 2 is 2.00 bits per heavy atom. The largest absolute Gasteiger partial charge is 0.298 e. The molecule has 0 amide bonds. The van der Waals surface area contributed by atoms with Crippen LogP contribution in [-0.2, 0) is 0 Å². The van der Waals surface area contributed by atoms with Gasteiger partial charge in [-0.15, -0.1) is 0 Å². The lowest BCUT2D eigenvalue weighted by molar-refractivity contribution is -0.00454. The second-order valence-corrected chi connectivity index (χ2v) is 5.54. The Balaban J connectivity index is 2.02. The average Bonchev–Trinajstić information content (AvgIpc) is 2.27. The third-order valence-electron chi connectivity index (χ3n) is 4.26. The molecule has 15 heavy (non-hydrogen) atoms. The summed E-state index contributed by atoms with van der Waals surface area (Å²) in [7, 11) is 0. The molecule has 2 aliphatic rings. The number of rotatable bonds is 2. The molecule has 2 rings (SSSR count). The summed E-state index contributed by atoms with van der Waals surface area (Å²) < 4.78 is 0. The van der Waals surface area contributed by atoms with E-state index in [-0.39, 0.29) is 0 Å². The minimum atomic E-state index is 0.796. The fraction of sp³-hybridized carbons (Fsp3) is 1.00. The van der Waals surface area contributed by atoms with Crippen LogP contribution >= 0.6 is 0 Å². The Morgan fingerprint density at radius 1 is 1.20 bits per heavy atom. The third kappa shape index (κ3) is 2.36. The summed E-state index contributed by atoms with van der Waals surface area (Å²) in [6.45, 7) is 12.3. The van der Waals surface area contributed by atoms with E-state index in [1.165, 1.54) is 45.4 Å². The van der Waals surface area contributed by atoms with Crippen molar-refractivity contribution in [1.29, 1.82) is 0 Å².